The molecule has 92 valence electrons. The van der Waals surface area contributed by atoms with Crippen molar-refractivity contribution in [1.29, 1.82) is 0 Å². The van der Waals surface area contributed by atoms with Gasteiger partial charge in [-0.3, -0.25) is 4.90 Å². The van der Waals surface area contributed by atoms with E-state index in [0.29, 0.717) is 6.04 Å². The standard InChI is InChI=1S/C14H20N2O/c1-17-11-4-5-13-12(10-11)14(6-7-15-13)16-8-2-3-9-16/h4-5,10,14-15H,2-3,6-9H2,1H3. The maximum absolute atomic E-state index is 5.34. The summed E-state index contributed by atoms with van der Waals surface area (Å²) in [6.45, 7) is 3.59. The van der Waals surface area contributed by atoms with Gasteiger partial charge >= 0.3 is 0 Å². The summed E-state index contributed by atoms with van der Waals surface area (Å²) in [6.07, 6.45) is 3.91. The Labute approximate surface area is 103 Å². The van der Waals surface area contributed by atoms with Gasteiger partial charge < -0.3 is 10.1 Å². The van der Waals surface area contributed by atoms with Crippen LogP contribution in [0.1, 0.15) is 30.9 Å². The molecule has 17 heavy (non-hydrogen) atoms. The third-order valence-electron chi connectivity index (χ3n) is 3.93. The molecule has 0 aromatic heterocycles. The summed E-state index contributed by atoms with van der Waals surface area (Å²) >= 11 is 0. The van der Waals surface area contributed by atoms with E-state index in [9.17, 15) is 0 Å². The number of rotatable bonds is 2. The number of anilines is 1. The molecule has 2 heterocycles. The van der Waals surface area contributed by atoms with Crippen molar-refractivity contribution in [2.24, 2.45) is 0 Å². The van der Waals surface area contributed by atoms with Crippen LogP contribution in [0.3, 0.4) is 0 Å². The van der Waals surface area contributed by atoms with Crippen LogP contribution in [0.2, 0.25) is 0 Å². The molecule has 3 nitrogen and oxygen atoms in total. The highest BCUT2D eigenvalue weighted by Gasteiger charge is 2.27. The minimum absolute atomic E-state index is 0.587. The van der Waals surface area contributed by atoms with Gasteiger partial charge in [0.2, 0.25) is 0 Å². The summed E-state index contributed by atoms with van der Waals surface area (Å²) in [4.78, 5) is 2.62. The average molecular weight is 232 g/mol. The molecule has 1 aromatic carbocycles. The van der Waals surface area contributed by atoms with Crippen molar-refractivity contribution in [2.75, 3.05) is 32.1 Å². The third-order valence-corrected chi connectivity index (χ3v) is 3.93. The lowest BCUT2D eigenvalue weighted by Gasteiger charge is -2.33. The van der Waals surface area contributed by atoms with E-state index in [1.165, 1.54) is 43.6 Å². The predicted octanol–water partition coefficient (Wildman–Crippen LogP) is 2.65. The minimum Gasteiger partial charge on any atom is -0.497 e. The number of methoxy groups -OCH3 is 1. The molecule has 1 aromatic rings. The Bertz CT molecular complexity index is 399. The lowest BCUT2D eigenvalue weighted by atomic mass is 9.96. The zero-order valence-electron chi connectivity index (χ0n) is 10.4. The smallest absolute Gasteiger partial charge is 0.119 e. The highest BCUT2D eigenvalue weighted by Crippen LogP contribution is 2.37. The molecule has 3 rings (SSSR count). The van der Waals surface area contributed by atoms with Gasteiger partial charge in [0.05, 0.1) is 7.11 Å². The van der Waals surface area contributed by atoms with Gasteiger partial charge in [-0.1, -0.05) is 0 Å². The Hall–Kier alpha value is -1.22. The van der Waals surface area contributed by atoms with E-state index in [0.717, 1.165) is 12.3 Å². The Balaban J connectivity index is 1.93. The second-order valence-electron chi connectivity index (χ2n) is 4.93. The van der Waals surface area contributed by atoms with Gasteiger partial charge in [0.1, 0.15) is 5.75 Å². The fourth-order valence-electron chi connectivity index (χ4n) is 3.04. The average Bonchev–Trinajstić information content (AvgIpc) is 2.91. The van der Waals surface area contributed by atoms with Crippen LogP contribution in [0.15, 0.2) is 18.2 Å². The maximum Gasteiger partial charge on any atom is 0.119 e. The Morgan fingerprint density at radius 3 is 2.88 bits per heavy atom. The van der Waals surface area contributed by atoms with Crippen LogP contribution in [0.4, 0.5) is 5.69 Å². The number of nitrogens with zero attached hydrogens (tertiary/aromatic N) is 1. The molecule has 0 radical (unpaired) electrons. The molecule has 2 aliphatic heterocycles. The van der Waals surface area contributed by atoms with Gasteiger partial charge in [-0.25, -0.2) is 0 Å². The van der Waals surface area contributed by atoms with Gasteiger partial charge in [-0.05, 0) is 56.1 Å². The van der Waals surface area contributed by atoms with Crippen molar-refractivity contribution < 1.29 is 4.74 Å². The minimum atomic E-state index is 0.587. The summed E-state index contributed by atoms with van der Waals surface area (Å²) in [5.41, 5.74) is 2.70. The molecule has 0 amide bonds. The molecule has 1 N–H and O–H groups in total. The molecule has 0 spiro atoms. The molecule has 0 saturated carbocycles. The first-order chi connectivity index (χ1) is 8.38. The second kappa shape index (κ2) is 4.57. The summed E-state index contributed by atoms with van der Waals surface area (Å²) in [5.74, 6) is 0.969. The largest absolute Gasteiger partial charge is 0.497 e. The Kier molecular flexibility index (Phi) is 2.93. The number of ether oxygens (including phenoxy) is 1. The van der Waals surface area contributed by atoms with Crippen LogP contribution >= 0.6 is 0 Å². The second-order valence-corrected chi connectivity index (χ2v) is 4.93. The number of benzene rings is 1. The first-order valence-corrected chi connectivity index (χ1v) is 6.54. The fraction of sp³-hybridized carbons (Fsp3) is 0.571. The summed E-state index contributed by atoms with van der Waals surface area (Å²) in [6, 6.07) is 6.97. The number of fused-ring (bicyclic) bond motifs is 1. The van der Waals surface area contributed by atoms with Gasteiger partial charge in [-0.15, -0.1) is 0 Å². The molecular formula is C14H20N2O. The van der Waals surface area contributed by atoms with Gasteiger partial charge in [0, 0.05) is 18.3 Å². The van der Waals surface area contributed by atoms with Gasteiger partial charge in [-0.2, -0.15) is 0 Å². The zero-order valence-corrected chi connectivity index (χ0v) is 10.4. The van der Waals surface area contributed by atoms with Crippen LogP contribution in [-0.4, -0.2) is 31.6 Å². The number of hydrogen-bond acceptors (Lipinski definition) is 3. The fourth-order valence-corrected chi connectivity index (χ4v) is 3.04. The van der Waals surface area contributed by atoms with E-state index in [1.807, 2.05) is 6.07 Å². The highest BCUT2D eigenvalue weighted by atomic mass is 16.5. The third kappa shape index (κ3) is 2.00. The molecule has 1 unspecified atom stereocenters. The Morgan fingerprint density at radius 2 is 2.12 bits per heavy atom. The molecule has 0 bridgehead atoms. The molecule has 2 aliphatic rings. The zero-order chi connectivity index (χ0) is 11.7. The summed E-state index contributed by atoms with van der Waals surface area (Å²) in [5, 5.41) is 3.49. The molecule has 3 heteroatoms. The Morgan fingerprint density at radius 1 is 1.29 bits per heavy atom. The number of hydrogen-bond donors (Lipinski definition) is 1. The van der Waals surface area contributed by atoms with Crippen molar-refractivity contribution in [2.45, 2.75) is 25.3 Å². The van der Waals surface area contributed by atoms with E-state index >= 15 is 0 Å². The quantitative estimate of drug-likeness (QED) is 0.848. The van der Waals surface area contributed by atoms with E-state index in [1.54, 1.807) is 7.11 Å². The molecular weight excluding hydrogens is 212 g/mol. The normalized spacial score (nSPS) is 24.2. The van der Waals surface area contributed by atoms with Crippen LogP contribution in [0, 0.1) is 0 Å². The van der Waals surface area contributed by atoms with Crippen LogP contribution < -0.4 is 10.1 Å². The lowest BCUT2D eigenvalue weighted by molar-refractivity contribution is 0.233. The van der Waals surface area contributed by atoms with Crippen molar-refractivity contribution >= 4 is 5.69 Å². The van der Waals surface area contributed by atoms with Crippen molar-refractivity contribution in [1.82, 2.24) is 4.90 Å². The first kappa shape index (κ1) is 10.9. The SMILES string of the molecule is COc1ccc2c(c1)C(N1CCCC1)CCN2. The van der Waals surface area contributed by atoms with E-state index in [2.05, 4.69) is 22.3 Å². The van der Waals surface area contributed by atoms with Crippen LogP contribution in [0.25, 0.3) is 0 Å². The molecule has 1 fully saturated rings. The number of likely N-dealkylation sites (tertiary alicyclic amines) is 1. The van der Waals surface area contributed by atoms with Crippen LogP contribution in [0.5, 0.6) is 5.75 Å². The van der Waals surface area contributed by atoms with Crippen molar-refractivity contribution in [3.63, 3.8) is 0 Å². The van der Waals surface area contributed by atoms with Gasteiger partial charge in [0.25, 0.3) is 0 Å². The predicted molar refractivity (Wildman–Crippen MR) is 69.6 cm³/mol. The molecule has 1 saturated heterocycles. The lowest BCUT2D eigenvalue weighted by Crippen LogP contribution is -2.31. The summed E-state index contributed by atoms with van der Waals surface area (Å²) in [7, 11) is 1.74. The van der Waals surface area contributed by atoms with E-state index < -0.39 is 0 Å². The number of nitrogens with one attached hydrogen (secondary N) is 1. The summed E-state index contributed by atoms with van der Waals surface area (Å²) < 4.78 is 5.34. The highest BCUT2D eigenvalue weighted by molar-refractivity contribution is 5.57. The topological polar surface area (TPSA) is 24.5 Å². The van der Waals surface area contributed by atoms with Crippen molar-refractivity contribution in [3.05, 3.63) is 23.8 Å². The van der Waals surface area contributed by atoms with Gasteiger partial charge in [0.15, 0.2) is 0 Å². The molecule has 1 atom stereocenters. The molecule has 0 aliphatic carbocycles. The maximum atomic E-state index is 5.34. The van der Waals surface area contributed by atoms with E-state index in [4.69, 9.17) is 4.74 Å². The van der Waals surface area contributed by atoms with Crippen molar-refractivity contribution in [3.8, 4) is 5.75 Å². The van der Waals surface area contributed by atoms with E-state index in [-0.39, 0.29) is 0 Å². The first-order valence-electron chi connectivity index (χ1n) is 6.54. The van der Waals surface area contributed by atoms with Crippen LogP contribution in [-0.2, 0) is 0 Å². The monoisotopic (exact) mass is 232 g/mol.